The van der Waals surface area contributed by atoms with Gasteiger partial charge in [0.15, 0.2) is 0 Å². The van der Waals surface area contributed by atoms with Gasteiger partial charge >= 0.3 is 0 Å². The van der Waals surface area contributed by atoms with Gasteiger partial charge in [-0.05, 0) is 35.9 Å². The Bertz CT molecular complexity index is 724. The maximum absolute atomic E-state index is 13.1. The number of halogens is 2. The number of nitrogens with zero attached hydrogens (tertiary/aromatic N) is 2. The van der Waals surface area contributed by atoms with Crippen molar-refractivity contribution in [1.29, 1.82) is 0 Å². The highest BCUT2D eigenvalue weighted by atomic mass is 35.5. The molecule has 0 aliphatic carbocycles. The van der Waals surface area contributed by atoms with Crippen LogP contribution in [-0.2, 0) is 6.54 Å². The molecule has 1 N–H and O–H groups in total. The van der Waals surface area contributed by atoms with Crippen LogP contribution in [0.1, 0.15) is 5.56 Å². The summed E-state index contributed by atoms with van der Waals surface area (Å²) in [5, 5.41) is 3.33. The molecule has 0 aliphatic rings. The first-order valence-corrected chi connectivity index (χ1v) is 6.86. The van der Waals surface area contributed by atoms with Gasteiger partial charge in [0.1, 0.15) is 5.82 Å². The summed E-state index contributed by atoms with van der Waals surface area (Å²) >= 11 is 5.75. The molecule has 1 heterocycles. The van der Waals surface area contributed by atoms with Crippen LogP contribution in [0.3, 0.4) is 0 Å². The molecule has 2 aromatic carbocycles. The highest BCUT2D eigenvalue weighted by Gasteiger charge is 2.01. The molecule has 0 saturated heterocycles. The molecular weight excluding hydrogens is 289 g/mol. The van der Waals surface area contributed by atoms with E-state index < -0.39 is 5.82 Å². The van der Waals surface area contributed by atoms with Crippen LogP contribution in [0.2, 0.25) is 5.02 Å². The molecule has 5 heteroatoms. The van der Waals surface area contributed by atoms with Crippen molar-refractivity contribution in [3.05, 3.63) is 77.6 Å². The summed E-state index contributed by atoms with van der Waals surface area (Å²) in [5.41, 5.74) is 2.97. The predicted octanol–water partition coefficient (Wildman–Crippen LogP) is 4.28. The Balaban J connectivity index is 1.66. The SMILES string of the molecule is Fc1ccc(NCc2ccc(-n3ccnc3)cc2)cc1Cl. The van der Waals surface area contributed by atoms with Crippen LogP contribution in [-0.4, -0.2) is 9.55 Å². The van der Waals surface area contributed by atoms with Crippen LogP contribution in [0, 0.1) is 5.82 Å². The molecule has 0 saturated carbocycles. The van der Waals surface area contributed by atoms with Crippen molar-refractivity contribution in [2.24, 2.45) is 0 Å². The maximum atomic E-state index is 13.1. The molecule has 0 radical (unpaired) electrons. The molecule has 0 atom stereocenters. The van der Waals surface area contributed by atoms with E-state index in [4.69, 9.17) is 11.6 Å². The number of anilines is 1. The van der Waals surface area contributed by atoms with Crippen LogP contribution in [0.25, 0.3) is 5.69 Å². The lowest BCUT2D eigenvalue weighted by molar-refractivity contribution is 0.628. The van der Waals surface area contributed by atoms with Crippen molar-refractivity contribution in [2.45, 2.75) is 6.54 Å². The van der Waals surface area contributed by atoms with E-state index in [1.165, 1.54) is 6.07 Å². The second-order valence-electron chi connectivity index (χ2n) is 4.62. The second-order valence-corrected chi connectivity index (χ2v) is 5.03. The number of hydrogen-bond acceptors (Lipinski definition) is 2. The van der Waals surface area contributed by atoms with Crippen LogP contribution in [0.4, 0.5) is 10.1 Å². The van der Waals surface area contributed by atoms with Crippen molar-refractivity contribution < 1.29 is 4.39 Å². The van der Waals surface area contributed by atoms with E-state index in [9.17, 15) is 4.39 Å². The molecule has 0 bridgehead atoms. The summed E-state index contributed by atoms with van der Waals surface area (Å²) in [5.74, 6) is -0.410. The monoisotopic (exact) mass is 301 g/mol. The Morgan fingerprint density at radius 1 is 1.14 bits per heavy atom. The van der Waals surface area contributed by atoms with Gasteiger partial charge in [-0.1, -0.05) is 23.7 Å². The van der Waals surface area contributed by atoms with Gasteiger partial charge < -0.3 is 9.88 Å². The molecule has 0 spiro atoms. The largest absolute Gasteiger partial charge is 0.381 e. The molecular formula is C16H13ClFN3. The second kappa shape index (κ2) is 5.97. The van der Waals surface area contributed by atoms with Crippen molar-refractivity contribution >= 4 is 17.3 Å². The van der Waals surface area contributed by atoms with Gasteiger partial charge in [0.25, 0.3) is 0 Å². The quantitative estimate of drug-likeness (QED) is 0.779. The minimum Gasteiger partial charge on any atom is -0.381 e. The summed E-state index contributed by atoms with van der Waals surface area (Å²) in [6.45, 7) is 0.645. The number of benzene rings is 2. The van der Waals surface area contributed by atoms with E-state index in [1.54, 1.807) is 24.7 Å². The van der Waals surface area contributed by atoms with Gasteiger partial charge in [-0.2, -0.15) is 0 Å². The zero-order valence-electron chi connectivity index (χ0n) is 11.1. The van der Waals surface area contributed by atoms with Crippen LogP contribution < -0.4 is 5.32 Å². The third-order valence-corrected chi connectivity index (χ3v) is 3.44. The Hall–Kier alpha value is -2.33. The van der Waals surface area contributed by atoms with Crippen molar-refractivity contribution in [1.82, 2.24) is 9.55 Å². The average molecular weight is 302 g/mol. The molecule has 3 rings (SSSR count). The Morgan fingerprint density at radius 2 is 1.95 bits per heavy atom. The molecule has 21 heavy (non-hydrogen) atoms. The molecule has 0 fully saturated rings. The predicted molar refractivity (Wildman–Crippen MR) is 82.3 cm³/mol. The Morgan fingerprint density at radius 3 is 2.62 bits per heavy atom. The molecule has 3 aromatic rings. The Labute approximate surface area is 127 Å². The van der Waals surface area contributed by atoms with E-state index in [-0.39, 0.29) is 5.02 Å². The fourth-order valence-corrected chi connectivity index (χ4v) is 2.19. The number of imidazole rings is 1. The molecule has 106 valence electrons. The van der Waals surface area contributed by atoms with Crippen LogP contribution >= 0.6 is 11.6 Å². The van der Waals surface area contributed by atoms with Gasteiger partial charge in [0, 0.05) is 30.3 Å². The minimum atomic E-state index is -0.410. The third-order valence-electron chi connectivity index (χ3n) is 3.16. The molecule has 3 nitrogen and oxygen atoms in total. The lowest BCUT2D eigenvalue weighted by atomic mass is 10.2. The highest BCUT2D eigenvalue weighted by molar-refractivity contribution is 6.31. The third kappa shape index (κ3) is 3.23. The zero-order valence-corrected chi connectivity index (χ0v) is 11.9. The first-order chi connectivity index (χ1) is 10.2. The molecule has 0 amide bonds. The number of nitrogens with one attached hydrogen (secondary N) is 1. The van der Waals surface area contributed by atoms with E-state index in [1.807, 2.05) is 35.0 Å². The topological polar surface area (TPSA) is 29.9 Å². The van der Waals surface area contributed by atoms with Gasteiger partial charge in [-0.3, -0.25) is 0 Å². The smallest absolute Gasteiger partial charge is 0.141 e. The van der Waals surface area contributed by atoms with Gasteiger partial charge in [0.05, 0.1) is 11.3 Å². The summed E-state index contributed by atoms with van der Waals surface area (Å²) in [4.78, 5) is 4.02. The zero-order chi connectivity index (χ0) is 14.7. The van der Waals surface area contributed by atoms with E-state index in [0.717, 1.165) is 16.9 Å². The first-order valence-electron chi connectivity index (χ1n) is 6.48. The van der Waals surface area contributed by atoms with Crippen molar-refractivity contribution in [3.8, 4) is 5.69 Å². The average Bonchev–Trinajstić information content (AvgIpc) is 3.03. The van der Waals surface area contributed by atoms with E-state index >= 15 is 0 Å². The van der Waals surface area contributed by atoms with E-state index in [2.05, 4.69) is 10.3 Å². The fraction of sp³-hybridized carbons (Fsp3) is 0.0625. The summed E-state index contributed by atoms with van der Waals surface area (Å²) in [6.07, 6.45) is 5.40. The van der Waals surface area contributed by atoms with Gasteiger partial charge in [-0.15, -0.1) is 0 Å². The standard InChI is InChI=1S/C16H13ClFN3/c17-15-9-13(3-6-16(15)18)20-10-12-1-4-14(5-2-12)21-8-7-19-11-21/h1-9,11,20H,10H2. The minimum absolute atomic E-state index is 0.121. The highest BCUT2D eigenvalue weighted by Crippen LogP contribution is 2.20. The fourth-order valence-electron chi connectivity index (χ4n) is 2.01. The van der Waals surface area contributed by atoms with Crippen LogP contribution in [0.15, 0.2) is 61.2 Å². The van der Waals surface area contributed by atoms with Crippen molar-refractivity contribution in [3.63, 3.8) is 0 Å². The summed E-state index contributed by atoms with van der Waals surface area (Å²) in [7, 11) is 0. The van der Waals surface area contributed by atoms with E-state index in [0.29, 0.717) is 6.54 Å². The lowest BCUT2D eigenvalue weighted by Gasteiger charge is -2.08. The summed E-state index contributed by atoms with van der Waals surface area (Å²) in [6, 6.07) is 12.7. The number of aromatic nitrogens is 2. The normalized spacial score (nSPS) is 10.6. The number of rotatable bonds is 4. The Kier molecular flexibility index (Phi) is 3.88. The molecule has 0 aliphatic heterocycles. The van der Waals surface area contributed by atoms with Gasteiger partial charge in [-0.25, -0.2) is 9.37 Å². The lowest BCUT2D eigenvalue weighted by Crippen LogP contribution is -2.00. The van der Waals surface area contributed by atoms with Gasteiger partial charge in [0.2, 0.25) is 0 Å². The maximum Gasteiger partial charge on any atom is 0.141 e. The first kappa shape index (κ1) is 13.6. The molecule has 1 aromatic heterocycles. The van der Waals surface area contributed by atoms with Crippen molar-refractivity contribution in [2.75, 3.05) is 5.32 Å². The van der Waals surface area contributed by atoms with Crippen LogP contribution in [0.5, 0.6) is 0 Å². The number of hydrogen-bond donors (Lipinski definition) is 1. The molecule has 0 unspecified atom stereocenters. The summed E-state index contributed by atoms with van der Waals surface area (Å²) < 4.78 is 15.0.